The van der Waals surface area contributed by atoms with Crippen molar-refractivity contribution in [2.45, 2.75) is 56.6 Å². The molecule has 3 saturated carbocycles. The Morgan fingerprint density at radius 3 is 2.73 bits per heavy atom. The summed E-state index contributed by atoms with van der Waals surface area (Å²) < 4.78 is 11.5. The van der Waals surface area contributed by atoms with Crippen molar-refractivity contribution in [2.75, 3.05) is 0 Å². The van der Waals surface area contributed by atoms with Gasteiger partial charge in [-0.2, -0.15) is 0 Å². The Labute approximate surface area is 178 Å². The topological polar surface area (TPSA) is 88.5 Å². The largest absolute Gasteiger partial charge is 0.453 e. The fourth-order valence-electron chi connectivity index (χ4n) is 5.21. The zero-order chi connectivity index (χ0) is 20.5. The fourth-order valence-corrected chi connectivity index (χ4v) is 5.38. The van der Waals surface area contributed by atoms with E-state index in [2.05, 4.69) is 10.3 Å². The number of amides is 1. The van der Waals surface area contributed by atoms with E-state index in [1.165, 1.54) is 0 Å². The summed E-state index contributed by atoms with van der Waals surface area (Å²) in [7, 11) is 0. The third-order valence-corrected chi connectivity index (χ3v) is 7.21. The van der Waals surface area contributed by atoms with E-state index >= 15 is 0 Å². The van der Waals surface area contributed by atoms with E-state index in [0.29, 0.717) is 16.7 Å². The average molecular weight is 427 g/mol. The molecule has 6 nitrogen and oxygen atoms in total. The fraction of sp³-hybridized carbons (Fsp3) is 0.478. The van der Waals surface area contributed by atoms with Crippen LogP contribution in [-0.4, -0.2) is 22.0 Å². The Kier molecular flexibility index (Phi) is 4.06. The summed E-state index contributed by atoms with van der Waals surface area (Å²) >= 11 is 6.03. The summed E-state index contributed by atoms with van der Waals surface area (Å²) in [5.74, 6) is 1.99. The predicted octanol–water partition coefficient (Wildman–Crippen LogP) is 4.97. The number of carbonyl (C=O) groups is 1. The normalized spacial score (nSPS) is 28.9. The van der Waals surface area contributed by atoms with Crippen molar-refractivity contribution in [3.8, 4) is 0 Å². The standard InChI is InChI=1S/C23H23ClN2O4/c24-14-3-4-17-16(7-14)26-22(30-17)13-8-23(9-13)10-15(11-23)25-21(28)19-6-5-18(29-19)20(27)12-1-2-12/h3-7,12-13,15,20,27H,1-2,8-11H2,(H,25,28). The van der Waals surface area contributed by atoms with Gasteiger partial charge in [-0.15, -0.1) is 0 Å². The lowest BCUT2D eigenvalue weighted by molar-refractivity contribution is -0.0256. The van der Waals surface area contributed by atoms with Crippen LogP contribution in [0.25, 0.3) is 11.1 Å². The second-order valence-corrected chi connectivity index (χ2v) is 9.77. The first-order valence-corrected chi connectivity index (χ1v) is 11.0. The molecule has 2 heterocycles. The molecule has 3 aliphatic carbocycles. The van der Waals surface area contributed by atoms with E-state index in [9.17, 15) is 9.90 Å². The highest BCUT2D eigenvalue weighted by atomic mass is 35.5. The van der Waals surface area contributed by atoms with Crippen LogP contribution in [0.15, 0.2) is 39.2 Å². The first-order valence-electron chi connectivity index (χ1n) is 10.6. The van der Waals surface area contributed by atoms with Gasteiger partial charge in [-0.25, -0.2) is 4.98 Å². The summed E-state index contributed by atoms with van der Waals surface area (Å²) in [6, 6.07) is 9.05. The smallest absolute Gasteiger partial charge is 0.287 e. The second kappa shape index (κ2) is 6.59. The summed E-state index contributed by atoms with van der Waals surface area (Å²) in [4.78, 5) is 17.1. The number of carbonyl (C=O) groups excluding carboxylic acids is 1. The number of aliphatic hydroxyl groups excluding tert-OH is 1. The van der Waals surface area contributed by atoms with Crippen LogP contribution in [0.4, 0.5) is 0 Å². The van der Waals surface area contributed by atoms with Crippen molar-refractivity contribution in [3.05, 3.63) is 52.8 Å². The number of fused-ring (bicyclic) bond motifs is 1. The summed E-state index contributed by atoms with van der Waals surface area (Å²) in [5, 5.41) is 13.9. The molecule has 3 aliphatic rings. The molecular weight excluding hydrogens is 404 g/mol. The summed E-state index contributed by atoms with van der Waals surface area (Å²) in [6.07, 6.45) is 5.47. The number of nitrogens with zero attached hydrogens (tertiary/aromatic N) is 1. The number of furan rings is 1. The molecule has 7 heteroatoms. The molecule has 0 saturated heterocycles. The van der Waals surface area contributed by atoms with E-state index in [1.54, 1.807) is 12.1 Å². The highest BCUT2D eigenvalue weighted by Crippen LogP contribution is 2.61. The summed E-state index contributed by atoms with van der Waals surface area (Å²) in [5.41, 5.74) is 1.87. The van der Waals surface area contributed by atoms with E-state index in [-0.39, 0.29) is 29.0 Å². The van der Waals surface area contributed by atoms with Crippen molar-refractivity contribution < 1.29 is 18.7 Å². The van der Waals surface area contributed by atoms with Crippen LogP contribution in [0, 0.1) is 11.3 Å². The van der Waals surface area contributed by atoms with Gasteiger partial charge in [-0.05, 0) is 80.2 Å². The molecule has 6 rings (SSSR count). The van der Waals surface area contributed by atoms with E-state index in [1.807, 2.05) is 18.2 Å². The molecule has 2 aromatic heterocycles. The molecule has 1 spiro atoms. The van der Waals surface area contributed by atoms with Gasteiger partial charge in [0.15, 0.2) is 17.2 Å². The maximum absolute atomic E-state index is 12.5. The van der Waals surface area contributed by atoms with Crippen LogP contribution >= 0.6 is 11.6 Å². The van der Waals surface area contributed by atoms with Crippen molar-refractivity contribution in [2.24, 2.45) is 11.3 Å². The zero-order valence-electron chi connectivity index (χ0n) is 16.4. The van der Waals surface area contributed by atoms with Crippen molar-refractivity contribution in [3.63, 3.8) is 0 Å². The molecule has 3 fully saturated rings. The Morgan fingerprint density at radius 1 is 1.17 bits per heavy atom. The van der Waals surface area contributed by atoms with E-state index in [0.717, 1.165) is 55.5 Å². The van der Waals surface area contributed by atoms with Crippen LogP contribution in [-0.2, 0) is 0 Å². The van der Waals surface area contributed by atoms with Crippen molar-refractivity contribution >= 4 is 28.6 Å². The van der Waals surface area contributed by atoms with Gasteiger partial charge in [0, 0.05) is 17.0 Å². The molecule has 1 aromatic carbocycles. The number of hydrogen-bond donors (Lipinski definition) is 2. The van der Waals surface area contributed by atoms with Gasteiger partial charge in [0.05, 0.1) is 0 Å². The molecule has 156 valence electrons. The molecule has 0 bridgehead atoms. The van der Waals surface area contributed by atoms with Gasteiger partial charge < -0.3 is 19.3 Å². The lowest BCUT2D eigenvalue weighted by atomic mass is 9.50. The molecule has 3 aromatic rings. The first-order chi connectivity index (χ1) is 14.5. The molecular formula is C23H23ClN2O4. The SMILES string of the molecule is O=C(NC1CC2(C1)CC(c1nc3cc(Cl)ccc3o1)C2)c1ccc(C(O)C2CC2)o1. The number of aromatic nitrogens is 1. The molecule has 2 N–H and O–H groups in total. The number of hydrogen-bond acceptors (Lipinski definition) is 5. The third-order valence-electron chi connectivity index (χ3n) is 6.98. The van der Waals surface area contributed by atoms with Crippen LogP contribution in [0.5, 0.6) is 0 Å². The Morgan fingerprint density at radius 2 is 1.97 bits per heavy atom. The highest BCUT2D eigenvalue weighted by Gasteiger charge is 2.54. The quantitative estimate of drug-likeness (QED) is 0.601. The average Bonchev–Trinajstić information content (AvgIpc) is 3.24. The maximum atomic E-state index is 12.5. The van der Waals surface area contributed by atoms with Gasteiger partial charge in [0.25, 0.3) is 5.91 Å². The first kappa shape index (κ1) is 18.5. The number of rotatable bonds is 5. The lowest BCUT2D eigenvalue weighted by Crippen LogP contribution is -2.55. The number of nitrogens with one attached hydrogen (secondary N) is 1. The van der Waals surface area contributed by atoms with Crippen molar-refractivity contribution in [1.29, 1.82) is 0 Å². The van der Waals surface area contributed by atoms with Crippen LogP contribution < -0.4 is 5.32 Å². The molecule has 1 atom stereocenters. The minimum Gasteiger partial charge on any atom is -0.453 e. The van der Waals surface area contributed by atoms with Crippen LogP contribution in [0.2, 0.25) is 5.02 Å². The van der Waals surface area contributed by atoms with Gasteiger partial charge in [0.1, 0.15) is 17.4 Å². The van der Waals surface area contributed by atoms with Gasteiger partial charge in [0.2, 0.25) is 0 Å². The van der Waals surface area contributed by atoms with Gasteiger partial charge >= 0.3 is 0 Å². The monoisotopic (exact) mass is 426 g/mol. The van der Waals surface area contributed by atoms with Gasteiger partial charge in [-0.3, -0.25) is 4.79 Å². The summed E-state index contributed by atoms with van der Waals surface area (Å²) in [6.45, 7) is 0. The molecule has 30 heavy (non-hydrogen) atoms. The Balaban J connectivity index is 1.03. The molecule has 0 aliphatic heterocycles. The maximum Gasteiger partial charge on any atom is 0.287 e. The van der Waals surface area contributed by atoms with Crippen LogP contribution in [0.1, 0.15) is 72.8 Å². The Bertz CT molecular complexity index is 1120. The number of halogens is 1. The second-order valence-electron chi connectivity index (χ2n) is 9.33. The highest BCUT2D eigenvalue weighted by molar-refractivity contribution is 6.31. The predicted molar refractivity (Wildman–Crippen MR) is 110 cm³/mol. The molecule has 1 amide bonds. The number of benzene rings is 1. The zero-order valence-corrected chi connectivity index (χ0v) is 17.2. The number of oxazole rings is 1. The van der Waals surface area contributed by atoms with Crippen molar-refractivity contribution in [1.82, 2.24) is 10.3 Å². The third kappa shape index (κ3) is 3.13. The van der Waals surface area contributed by atoms with E-state index in [4.69, 9.17) is 20.4 Å². The van der Waals surface area contributed by atoms with Crippen LogP contribution in [0.3, 0.4) is 0 Å². The number of aliphatic hydroxyl groups is 1. The lowest BCUT2D eigenvalue weighted by Gasteiger charge is -2.57. The minimum absolute atomic E-state index is 0.169. The Hall–Kier alpha value is -2.31. The van der Waals surface area contributed by atoms with Gasteiger partial charge in [-0.1, -0.05) is 11.6 Å². The molecule has 1 unspecified atom stereocenters. The minimum atomic E-state index is -0.590. The molecule has 0 radical (unpaired) electrons. The van der Waals surface area contributed by atoms with E-state index < -0.39 is 6.10 Å².